The average molecular weight is 1270 g/mol. The molecule has 8 heterocycles. The van der Waals surface area contributed by atoms with Gasteiger partial charge in [-0.15, -0.1) is 0 Å². The third-order valence-electron chi connectivity index (χ3n) is 17.2. The third kappa shape index (κ3) is 15.2. The highest BCUT2D eigenvalue weighted by Gasteiger charge is 2.38. The molecule has 462 valence electrons. The van der Waals surface area contributed by atoms with Gasteiger partial charge in [0.25, 0.3) is 0 Å². The molecule has 4 atom stereocenters. The van der Waals surface area contributed by atoms with Crippen LogP contribution in [0.3, 0.4) is 0 Å². The van der Waals surface area contributed by atoms with Gasteiger partial charge in [0.2, 0.25) is 24.9 Å². The van der Waals surface area contributed by atoms with Crippen LogP contribution in [0.5, 0.6) is 12.0 Å². The number of aromatic nitrogens is 4. The summed E-state index contributed by atoms with van der Waals surface area (Å²) >= 11 is 6.56. The van der Waals surface area contributed by atoms with E-state index >= 15 is 4.39 Å². The van der Waals surface area contributed by atoms with Crippen LogP contribution in [-0.4, -0.2) is 181 Å². The first kappa shape index (κ1) is 68.9. The molecule has 4 fully saturated rings. The second-order valence-corrected chi connectivity index (χ2v) is 22.5. The molecular formula is C62H82ClFN14O4S4. The Balaban J connectivity index is 0.000000263. The van der Waals surface area contributed by atoms with Gasteiger partial charge in [-0.3, -0.25) is 9.59 Å². The first-order valence-corrected chi connectivity index (χ1v) is 29.2. The Hall–Kier alpha value is -6.18. The Labute approximate surface area is 539 Å². The number of carbonyl (C=O) groups is 2. The standard InChI is InChI=1S/C32H36FN7O2.C30H38ClN7O2.4H2S/c1-4-29(41)40-17-16-39(19-24(40)18-34-2)31-25-13-15-38(28-12-6-9-22-8-5-11-26(33)30(22)28)20-27(25)35-32(36-31)42-21-23-10-7-14-37(23)3;1-5-23-25(31)10-7-11-27(23)36-14-12-24-26(19-36)33-30(40-20-21-9-8-13-35(21)4)34-29(24)37-15-16-38(28(39)6-2)22(18-37)17-32-3;;;;/h4-6,8-9,11-12,23-24H,1,7,10,13-21H2,3H3;6-7,10-11,21-22H,2,5,8-9,12-20H2,1,4H3;4*1H2/t23-,24-;21-,22-;;;;/m00..../s1. The molecule has 86 heavy (non-hydrogen) atoms. The largest absolute Gasteiger partial charge is 0.462 e. The van der Waals surface area contributed by atoms with Crippen molar-refractivity contribution >= 4 is 111 Å². The second kappa shape index (κ2) is 31.6. The number of fused-ring (bicyclic) bond motifs is 3. The summed E-state index contributed by atoms with van der Waals surface area (Å²) in [5.74, 6) is 1.14. The maximum absolute atomic E-state index is 15.0. The predicted octanol–water partition coefficient (Wildman–Crippen LogP) is 8.23. The molecule has 3 aromatic carbocycles. The smallest absolute Gasteiger partial charge is 0.318 e. The Bertz CT molecular complexity index is 3280. The Morgan fingerprint density at radius 2 is 1.10 bits per heavy atom. The first-order valence-electron chi connectivity index (χ1n) is 28.8. The summed E-state index contributed by atoms with van der Waals surface area (Å²) in [4.78, 5) is 69.0. The molecule has 0 saturated carbocycles. The number of likely N-dealkylation sites (tertiary alicyclic amines) is 2. The van der Waals surface area contributed by atoms with Crippen LogP contribution in [0.4, 0.5) is 27.4 Å². The Kier molecular flexibility index (Phi) is 25.4. The van der Waals surface area contributed by atoms with Crippen LogP contribution in [0.25, 0.3) is 20.5 Å². The fourth-order valence-electron chi connectivity index (χ4n) is 12.7. The predicted molar refractivity (Wildman–Crippen MR) is 361 cm³/mol. The number of hydrogen-bond acceptors (Lipinski definition) is 14. The quantitative estimate of drug-likeness (QED) is 0.0735. The van der Waals surface area contributed by atoms with Gasteiger partial charge in [-0.2, -0.15) is 73.9 Å². The topological polar surface area (TPSA) is 139 Å². The van der Waals surface area contributed by atoms with E-state index in [-0.39, 0.29) is 96.8 Å². The summed E-state index contributed by atoms with van der Waals surface area (Å²) in [6.45, 7) is 33.9. The van der Waals surface area contributed by atoms with E-state index < -0.39 is 0 Å². The highest BCUT2D eigenvalue weighted by atomic mass is 35.5. The maximum Gasteiger partial charge on any atom is 0.318 e. The van der Waals surface area contributed by atoms with Gasteiger partial charge in [-0.1, -0.05) is 62.0 Å². The number of hydrogen-bond donors (Lipinski definition) is 0. The lowest BCUT2D eigenvalue weighted by Crippen LogP contribution is -2.56. The van der Waals surface area contributed by atoms with E-state index in [4.69, 9.17) is 54.2 Å². The zero-order valence-corrected chi connectivity index (χ0v) is 54.2. The van der Waals surface area contributed by atoms with Crippen LogP contribution < -0.4 is 29.1 Å². The van der Waals surface area contributed by atoms with E-state index in [1.807, 2.05) is 36.4 Å². The summed E-state index contributed by atoms with van der Waals surface area (Å²) in [6, 6.07) is 18.0. The molecule has 18 nitrogen and oxygen atoms in total. The summed E-state index contributed by atoms with van der Waals surface area (Å²) < 4.78 is 27.5. The van der Waals surface area contributed by atoms with Crippen LogP contribution in [0.1, 0.15) is 60.7 Å². The van der Waals surface area contributed by atoms with Crippen molar-refractivity contribution < 1.29 is 23.5 Å². The van der Waals surface area contributed by atoms with Gasteiger partial charge in [0, 0.05) is 97.4 Å². The number of ether oxygens (including phenoxy) is 2. The molecule has 5 aromatic rings. The van der Waals surface area contributed by atoms with E-state index in [2.05, 4.69) is 79.3 Å². The van der Waals surface area contributed by atoms with Gasteiger partial charge >= 0.3 is 12.0 Å². The van der Waals surface area contributed by atoms with E-state index in [0.717, 1.165) is 113 Å². The van der Waals surface area contributed by atoms with Gasteiger partial charge in [0.15, 0.2) is 0 Å². The zero-order chi connectivity index (χ0) is 57.4. The highest BCUT2D eigenvalue weighted by Crippen LogP contribution is 2.38. The number of halogens is 2. The number of rotatable bonds is 15. The van der Waals surface area contributed by atoms with Gasteiger partial charge in [0.1, 0.15) is 42.8 Å². The van der Waals surface area contributed by atoms with Crippen molar-refractivity contribution in [2.24, 2.45) is 0 Å². The fraction of sp³-hybridized carbons (Fsp3) is 0.484. The minimum absolute atomic E-state index is 0. The number of likely N-dealkylation sites (N-methyl/N-ethyl adjacent to an activating group) is 2. The van der Waals surface area contributed by atoms with E-state index in [1.54, 1.807) is 15.9 Å². The number of benzene rings is 3. The summed E-state index contributed by atoms with van der Waals surface area (Å²) in [5, 5.41) is 2.27. The molecule has 6 aliphatic rings. The summed E-state index contributed by atoms with van der Waals surface area (Å²) in [6.07, 6.45) is 9.47. The molecule has 0 N–H and O–H groups in total. The average Bonchev–Trinajstić information content (AvgIpc) is 1.31. The second-order valence-electron chi connectivity index (χ2n) is 22.1. The van der Waals surface area contributed by atoms with E-state index in [0.29, 0.717) is 108 Å². The van der Waals surface area contributed by atoms with E-state index in [1.165, 1.54) is 24.6 Å². The maximum atomic E-state index is 15.0. The fourth-order valence-corrected chi connectivity index (χ4v) is 13.0. The van der Waals surface area contributed by atoms with Gasteiger partial charge < -0.3 is 58.4 Å². The van der Waals surface area contributed by atoms with Crippen molar-refractivity contribution in [1.29, 1.82) is 0 Å². The van der Waals surface area contributed by atoms with Gasteiger partial charge in [0.05, 0.1) is 24.5 Å². The molecule has 24 heteroatoms. The highest BCUT2D eigenvalue weighted by molar-refractivity contribution is 7.59. The molecular weight excluding hydrogens is 1190 g/mol. The summed E-state index contributed by atoms with van der Waals surface area (Å²) in [7, 11) is 4.25. The van der Waals surface area contributed by atoms with E-state index in [9.17, 15) is 9.59 Å². The van der Waals surface area contributed by atoms with Crippen molar-refractivity contribution in [3.05, 3.63) is 142 Å². The minimum Gasteiger partial charge on any atom is -0.462 e. The lowest BCUT2D eigenvalue weighted by atomic mass is 10.0. The van der Waals surface area contributed by atoms with Crippen molar-refractivity contribution in [3.63, 3.8) is 0 Å². The molecule has 0 aliphatic carbocycles. The Morgan fingerprint density at radius 3 is 1.56 bits per heavy atom. The lowest BCUT2D eigenvalue weighted by Gasteiger charge is -2.41. The van der Waals surface area contributed by atoms with Crippen molar-refractivity contribution in [2.75, 3.05) is 125 Å². The van der Waals surface area contributed by atoms with Crippen molar-refractivity contribution in [2.45, 2.75) is 89.1 Å². The molecule has 4 saturated heterocycles. The van der Waals surface area contributed by atoms with Crippen LogP contribution in [0.15, 0.2) is 79.9 Å². The zero-order valence-electron chi connectivity index (χ0n) is 49.5. The molecule has 0 radical (unpaired) electrons. The molecule has 11 rings (SSSR count). The lowest BCUT2D eigenvalue weighted by molar-refractivity contribution is -0.129. The molecule has 2 amide bonds. The normalized spacial score (nSPS) is 20.0. The third-order valence-corrected chi connectivity index (χ3v) is 17.6. The van der Waals surface area contributed by atoms with Crippen LogP contribution in [-0.2, 0) is 41.9 Å². The van der Waals surface area contributed by atoms with Crippen molar-refractivity contribution in [1.82, 2.24) is 39.5 Å². The van der Waals surface area contributed by atoms with Gasteiger partial charge in [-0.05, 0) is 119 Å². The monoisotopic (exact) mass is 1270 g/mol. The first-order chi connectivity index (χ1) is 39.9. The number of anilines is 4. The van der Waals surface area contributed by atoms with Gasteiger partial charge in [-0.25, -0.2) is 17.5 Å². The van der Waals surface area contributed by atoms with Crippen molar-refractivity contribution in [3.8, 4) is 12.0 Å². The van der Waals surface area contributed by atoms with Crippen LogP contribution in [0, 0.1) is 19.0 Å². The number of amides is 2. The SMILES string of the molecule is S.S.S.S.[C-]#[N+]C[C@H]1CN(c2nc(OC[C@@H]3CCCN3C)nc3c2CCN(c2cccc(Cl)c2CC)C3)CCN1C(=O)C=C.[C-]#[N+]C[C@H]1CN(c2nc(OC[C@@H]3CCCN3C)nc3c2CCN(c2cccc4cccc(F)c24)C3)CCN1C(=O)C=C. The Morgan fingerprint density at radius 1 is 0.640 bits per heavy atom. The number of piperazine rings is 2. The number of nitrogens with zero attached hydrogens (tertiary/aromatic N) is 14. The molecule has 6 aliphatic heterocycles. The van der Waals surface area contributed by atoms with Crippen LogP contribution in [0.2, 0.25) is 5.02 Å². The summed E-state index contributed by atoms with van der Waals surface area (Å²) in [5.41, 5.74) is 7.12. The van der Waals surface area contributed by atoms with Crippen LogP contribution >= 0.6 is 65.6 Å². The number of carbonyl (C=O) groups excluding carboxylic acids is 2. The molecule has 0 unspecified atom stereocenters. The molecule has 2 aromatic heterocycles. The molecule has 0 spiro atoms. The minimum atomic E-state index is -0.261. The molecule has 0 bridgehead atoms.